The smallest absolute Gasteiger partial charge is 0.268 e. The van der Waals surface area contributed by atoms with Crippen molar-refractivity contribution in [2.24, 2.45) is 0 Å². The van der Waals surface area contributed by atoms with Crippen molar-refractivity contribution in [2.75, 3.05) is 0 Å². The molecule has 0 spiro atoms. The van der Waals surface area contributed by atoms with Crippen molar-refractivity contribution in [3.8, 4) is 0 Å². The van der Waals surface area contributed by atoms with Gasteiger partial charge in [-0.05, 0) is 40.5 Å². The van der Waals surface area contributed by atoms with Crippen LogP contribution in [0.1, 0.15) is 11.3 Å². The molecule has 0 bridgehead atoms. The summed E-state index contributed by atoms with van der Waals surface area (Å²) in [6, 6.07) is 3.15. The first-order chi connectivity index (χ1) is 8.47. The molecule has 0 saturated heterocycles. The molecule has 6 heteroatoms. The maximum atomic E-state index is 13.0. The second kappa shape index (κ2) is 4.97. The van der Waals surface area contributed by atoms with Crippen LogP contribution >= 0.6 is 15.9 Å². The lowest BCUT2D eigenvalue weighted by Gasteiger charge is -2.07. The van der Waals surface area contributed by atoms with Crippen LogP contribution in [0, 0.1) is 18.6 Å². The Kier molecular flexibility index (Phi) is 3.56. The molecule has 94 valence electrons. The Morgan fingerprint density at radius 3 is 2.50 bits per heavy atom. The fourth-order valence-electron chi connectivity index (χ4n) is 1.56. The molecule has 0 aliphatic carbocycles. The van der Waals surface area contributed by atoms with Crippen LogP contribution in [0.25, 0.3) is 0 Å². The summed E-state index contributed by atoms with van der Waals surface area (Å²) in [4.78, 5) is 15.9. The van der Waals surface area contributed by atoms with Gasteiger partial charge in [-0.1, -0.05) is 0 Å². The molecule has 3 nitrogen and oxygen atoms in total. The molecule has 0 aliphatic rings. The van der Waals surface area contributed by atoms with Gasteiger partial charge in [0.15, 0.2) is 0 Å². The summed E-state index contributed by atoms with van der Waals surface area (Å²) in [5.74, 6) is -1.34. The van der Waals surface area contributed by atoms with Gasteiger partial charge < -0.3 is 0 Å². The fourth-order valence-corrected chi connectivity index (χ4v) is 1.89. The van der Waals surface area contributed by atoms with Crippen molar-refractivity contribution in [1.82, 2.24) is 9.55 Å². The third kappa shape index (κ3) is 2.64. The second-order valence-corrected chi connectivity index (χ2v) is 4.65. The maximum absolute atomic E-state index is 13.0. The van der Waals surface area contributed by atoms with Crippen molar-refractivity contribution in [1.29, 1.82) is 0 Å². The zero-order chi connectivity index (χ0) is 13.3. The normalized spacial score (nSPS) is 10.7. The van der Waals surface area contributed by atoms with Crippen molar-refractivity contribution in [3.63, 3.8) is 0 Å². The Morgan fingerprint density at radius 2 is 1.89 bits per heavy atom. The van der Waals surface area contributed by atoms with Crippen LogP contribution in [0.5, 0.6) is 0 Å². The highest BCUT2D eigenvalue weighted by molar-refractivity contribution is 9.10. The lowest BCUT2D eigenvalue weighted by atomic mass is 10.2. The van der Waals surface area contributed by atoms with E-state index in [1.54, 1.807) is 6.92 Å². The number of benzene rings is 1. The van der Waals surface area contributed by atoms with Gasteiger partial charge in [0.1, 0.15) is 16.1 Å². The summed E-state index contributed by atoms with van der Waals surface area (Å²) in [5.41, 5.74) is 0.654. The van der Waals surface area contributed by atoms with E-state index >= 15 is 0 Å². The fraction of sp³-hybridized carbons (Fsp3) is 0.167. The summed E-state index contributed by atoms with van der Waals surface area (Å²) in [6.07, 6.45) is 1.35. The first-order valence-electron chi connectivity index (χ1n) is 5.14. The van der Waals surface area contributed by atoms with Gasteiger partial charge in [0.05, 0.1) is 18.6 Å². The highest BCUT2D eigenvalue weighted by atomic mass is 79.9. The second-order valence-electron chi connectivity index (χ2n) is 3.85. The van der Waals surface area contributed by atoms with E-state index in [-0.39, 0.29) is 12.1 Å². The average Bonchev–Trinajstić information content (AvgIpc) is 2.29. The van der Waals surface area contributed by atoms with E-state index in [1.165, 1.54) is 23.0 Å². The molecule has 0 amide bonds. The summed E-state index contributed by atoms with van der Waals surface area (Å²) in [5, 5.41) is 0. The highest BCUT2D eigenvalue weighted by Gasteiger charge is 2.07. The van der Waals surface area contributed by atoms with Crippen molar-refractivity contribution >= 4 is 15.9 Å². The molecule has 0 atom stereocenters. The minimum atomic E-state index is -0.669. The van der Waals surface area contributed by atoms with Crippen LogP contribution in [0.15, 0.2) is 33.8 Å². The maximum Gasteiger partial charge on any atom is 0.268 e. The van der Waals surface area contributed by atoms with Crippen molar-refractivity contribution < 1.29 is 8.78 Å². The monoisotopic (exact) mass is 314 g/mol. The quantitative estimate of drug-likeness (QED) is 0.854. The van der Waals surface area contributed by atoms with Crippen molar-refractivity contribution in [2.45, 2.75) is 13.5 Å². The molecule has 2 aromatic rings. The first kappa shape index (κ1) is 12.9. The van der Waals surface area contributed by atoms with Gasteiger partial charge in [-0.3, -0.25) is 9.36 Å². The van der Waals surface area contributed by atoms with E-state index in [9.17, 15) is 13.6 Å². The Morgan fingerprint density at radius 1 is 1.28 bits per heavy atom. The van der Waals surface area contributed by atoms with Crippen molar-refractivity contribution in [3.05, 3.63) is 62.2 Å². The summed E-state index contributed by atoms with van der Waals surface area (Å²) in [7, 11) is 0. The molecule has 1 aromatic heterocycles. The number of halogens is 3. The molecule has 1 aromatic carbocycles. The molecule has 18 heavy (non-hydrogen) atoms. The zero-order valence-corrected chi connectivity index (χ0v) is 11.0. The summed E-state index contributed by atoms with van der Waals surface area (Å²) < 4.78 is 27.7. The van der Waals surface area contributed by atoms with E-state index in [2.05, 4.69) is 20.9 Å². The zero-order valence-electron chi connectivity index (χ0n) is 9.45. The molecular formula is C12H9BrF2N2O. The number of hydrogen-bond acceptors (Lipinski definition) is 2. The van der Waals surface area contributed by atoms with E-state index in [0.717, 1.165) is 6.07 Å². The molecule has 0 fully saturated rings. The molecule has 1 heterocycles. The Balaban J connectivity index is 2.40. The van der Waals surface area contributed by atoms with Gasteiger partial charge >= 0.3 is 0 Å². The molecule has 0 unspecified atom stereocenters. The van der Waals surface area contributed by atoms with Crippen LogP contribution in [0.2, 0.25) is 0 Å². The molecular weight excluding hydrogens is 306 g/mol. The third-order valence-electron chi connectivity index (χ3n) is 2.43. The molecule has 0 aliphatic heterocycles. The topological polar surface area (TPSA) is 34.9 Å². The highest BCUT2D eigenvalue weighted by Crippen LogP contribution is 2.10. The Bertz CT molecular complexity index is 635. The lowest BCUT2D eigenvalue weighted by Crippen LogP contribution is -2.22. The van der Waals surface area contributed by atoms with E-state index in [1.807, 2.05) is 0 Å². The van der Waals surface area contributed by atoms with Gasteiger partial charge in [0, 0.05) is 6.07 Å². The standard InChI is InChI=1S/C12H9BrF2N2O/c1-7-11(13)12(18)17(6-16-7)5-8-2-9(14)4-10(15)3-8/h2-4,6H,5H2,1H3. The van der Waals surface area contributed by atoms with E-state index < -0.39 is 11.6 Å². The number of nitrogens with zero attached hydrogens (tertiary/aromatic N) is 2. The number of aryl methyl sites for hydroxylation is 1. The van der Waals surface area contributed by atoms with Crippen LogP contribution in [0.3, 0.4) is 0 Å². The first-order valence-corrected chi connectivity index (χ1v) is 5.93. The van der Waals surface area contributed by atoms with E-state index in [4.69, 9.17) is 0 Å². The third-order valence-corrected chi connectivity index (χ3v) is 3.35. The number of rotatable bonds is 2. The average molecular weight is 315 g/mol. The predicted molar refractivity (Wildman–Crippen MR) is 66.4 cm³/mol. The van der Waals surface area contributed by atoms with Gasteiger partial charge in [0.25, 0.3) is 5.56 Å². The minimum absolute atomic E-state index is 0.0688. The Hall–Kier alpha value is -1.56. The van der Waals surface area contributed by atoms with Crippen LogP contribution in [0.4, 0.5) is 8.78 Å². The number of aromatic nitrogens is 2. The lowest BCUT2D eigenvalue weighted by molar-refractivity contribution is 0.576. The summed E-state index contributed by atoms with van der Waals surface area (Å²) >= 11 is 3.13. The van der Waals surface area contributed by atoms with Gasteiger partial charge in [0.2, 0.25) is 0 Å². The summed E-state index contributed by atoms with van der Waals surface area (Å²) in [6.45, 7) is 1.76. The van der Waals surface area contributed by atoms with Crippen LogP contribution in [-0.4, -0.2) is 9.55 Å². The van der Waals surface area contributed by atoms with Gasteiger partial charge in [-0.2, -0.15) is 0 Å². The van der Waals surface area contributed by atoms with Crippen LogP contribution < -0.4 is 5.56 Å². The molecule has 0 N–H and O–H groups in total. The van der Waals surface area contributed by atoms with Gasteiger partial charge in [-0.25, -0.2) is 13.8 Å². The Labute approximate surface area is 110 Å². The SMILES string of the molecule is Cc1ncn(Cc2cc(F)cc(F)c2)c(=O)c1Br. The molecule has 2 rings (SSSR count). The predicted octanol–water partition coefficient (Wildman–Crippen LogP) is 2.64. The number of hydrogen-bond donors (Lipinski definition) is 0. The molecule has 0 radical (unpaired) electrons. The largest absolute Gasteiger partial charge is 0.294 e. The van der Waals surface area contributed by atoms with Gasteiger partial charge in [-0.15, -0.1) is 0 Å². The molecule has 0 saturated carbocycles. The van der Waals surface area contributed by atoms with E-state index in [0.29, 0.717) is 15.7 Å². The minimum Gasteiger partial charge on any atom is -0.294 e. The van der Waals surface area contributed by atoms with Crippen LogP contribution in [-0.2, 0) is 6.54 Å².